The highest BCUT2D eigenvalue weighted by atomic mass is 32.2. The Hall–Kier alpha value is -3.34. The molecule has 0 aliphatic carbocycles. The van der Waals surface area contributed by atoms with E-state index in [0.717, 1.165) is 17.5 Å². The summed E-state index contributed by atoms with van der Waals surface area (Å²) in [6, 6.07) is 10.5. The number of pyridine rings is 1. The lowest BCUT2D eigenvalue weighted by molar-refractivity contribution is -0.117. The standard InChI is InChI=1S/C18H20N6O4S/c1-12-20-22-24(21-12)15-5-3-13(4-6-15)14-7-9-23(17(25)11-14)10-8-16(18(19)26)29(2,27)28/h3-7,9,11,16H,8,10H2,1-2H3,(H2,19,26). The predicted octanol–water partition coefficient (Wildman–Crippen LogP) is 0.0880. The zero-order valence-electron chi connectivity index (χ0n) is 15.9. The lowest BCUT2D eigenvalue weighted by atomic mass is 10.1. The van der Waals surface area contributed by atoms with Gasteiger partial charge >= 0.3 is 0 Å². The van der Waals surface area contributed by atoms with Crippen LogP contribution in [0.1, 0.15) is 12.2 Å². The maximum absolute atomic E-state index is 12.4. The molecular weight excluding hydrogens is 396 g/mol. The van der Waals surface area contributed by atoms with Crippen LogP contribution in [0.3, 0.4) is 0 Å². The first-order chi connectivity index (χ1) is 13.6. The molecule has 2 N–H and O–H groups in total. The lowest BCUT2D eigenvalue weighted by Gasteiger charge is -2.13. The Balaban J connectivity index is 1.77. The fraction of sp³-hybridized carbons (Fsp3) is 0.278. The van der Waals surface area contributed by atoms with Gasteiger partial charge in [0.1, 0.15) is 5.25 Å². The summed E-state index contributed by atoms with van der Waals surface area (Å²) in [5, 5.41) is 10.6. The van der Waals surface area contributed by atoms with Gasteiger partial charge in [-0.1, -0.05) is 12.1 Å². The summed E-state index contributed by atoms with van der Waals surface area (Å²) in [4.78, 5) is 25.2. The summed E-state index contributed by atoms with van der Waals surface area (Å²) in [6.07, 6.45) is 2.45. The molecule has 0 aliphatic heterocycles. The van der Waals surface area contributed by atoms with Crippen molar-refractivity contribution < 1.29 is 13.2 Å². The zero-order chi connectivity index (χ0) is 21.2. The molecule has 0 fully saturated rings. The van der Waals surface area contributed by atoms with Gasteiger partial charge in [-0.3, -0.25) is 9.59 Å². The van der Waals surface area contributed by atoms with Gasteiger partial charge in [0.2, 0.25) is 5.91 Å². The van der Waals surface area contributed by atoms with E-state index < -0.39 is 21.0 Å². The van der Waals surface area contributed by atoms with Crippen LogP contribution < -0.4 is 11.3 Å². The monoisotopic (exact) mass is 416 g/mol. The topological polar surface area (TPSA) is 143 Å². The molecular formula is C18H20N6O4S. The van der Waals surface area contributed by atoms with Gasteiger partial charge < -0.3 is 10.3 Å². The van der Waals surface area contributed by atoms with Crippen molar-refractivity contribution in [2.24, 2.45) is 5.73 Å². The molecule has 2 heterocycles. The Morgan fingerprint density at radius 2 is 1.86 bits per heavy atom. The van der Waals surface area contributed by atoms with Gasteiger partial charge in [-0.25, -0.2) is 8.42 Å². The third-order valence-electron chi connectivity index (χ3n) is 4.41. The van der Waals surface area contributed by atoms with Crippen molar-refractivity contribution in [3.05, 3.63) is 58.8 Å². The second-order valence-corrected chi connectivity index (χ2v) is 8.86. The maximum atomic E-state index is 12.4. The highest BCUT2D eigenvalue weighted by Gasteiger charge is 2.26. The quantitative estimate of drug-likeness (QED) is 0.575. The number of aromatic nitrogens is 5. The summed E-state index contributed by atoms with van der Waals surface area (Å²) in [5.41, 5.74) is 7.11. The van der Waals surface area contributed by atoms with Crippen LogP contribution in [0.4, 0.5) is 0 Å². The van der Waals surface area contributed by atoms with Crippen LogP contribution in [-0.4, -0.2) is 50.6 Å². The largest absolute Gasteiger partial charge is 0.369 e. The molecule has 0 spiro atoms. The number of primary amides is 1. The zero-order valence-corrected chi connectivity index (χ0v) is 16.7. The van der Waals surface area contributed by atoms with Crippen LogP contribution in [0.15, 0.2) is 47.4 Å². The Morgan fingerprint density at radius 3 is 2.38 bits per heavy atom. The molecule has 11 heteroatoms. The third kappa shape index (κ3) is 4.74. The molecule has 1 aromatic carbocycles. The number of nitrogens with zero attached hydrogens (tertiary/aromatic N) is 5. The second-order valence-electron chi connectivity index (χ2n) is 6.63. The fourth-order valence-corrected chi connectivity index (χ4v) is 3.83. The second kappa shape index (κ2) is 7.95. The van der Waals surface area contributed by atoms with Gasteiger partial charge in [0.25, 0.3) is 5.56 Å². The number of nitrogens with two attached hydrogens (primary N) is 1. The molecule has 0 saturated carbocycles. The average molecular weight is 416 g/mol. The SMILES string of the molecule is Cc1nnn(-c2ccc(-c3ccn(CCC(C(N)=O)S(C)(=O)=O)c(=O)c3)cc2)n1. The Labute approximate surface area is 166 Å². The van der Waals surface area contributed by atoms with Gasteiger partial charge in [-0.2, -0.15) is 0 Å². The van der Waals surface area contributed by atoms with E-state index in [1.165, 1.54) is 15.4 Å². The summed E-state index contributed by atoms with van der Waals surface area (Å²) in [5.74, 6) is -0.360. The molecule has 0 radical (unpaired) electrons. The minimum atomic E-state index is -3.63. The minimum absolute atomic E-state index is 0.0631. The molecule has 0 aliphatic rings. The van der Waals surface area contributed by atoms with E-state index in [1.54, 1.807) is 19.2 Å². The van der Waals surface area contributed by atoms with Crippen molar-refractivity contribution in [1.29, 1.82) is 0 Å². The Morgan fingerprint density at radius 1 is 1.17 bits per heavy atom. The van der Waals surface area contributed by atoms with E-state index in [0.29, 0.717) is 11.4 Å². The third-order valence-corrected chi connectivity index (χ3v) is 5.91. The Kier molecular flexibility index (Phi) is 5.59. The predicted molar refractivity (Wildman–Crippen MR) is 106 cm³/mol. The highest BCUT2D eigenvalue weighted by molar-refractivity contribution is 7.92. The summed E-state index contributed by atoms with van der Waals surface area (Å²) < 4.78 is 24.6. The van der Waals surface area contributed by atoms with Gasteiger partial charge in [-0.15, -0.1) is 15.0 Å². The minimum Gasteiger partial charge on any atom is -0.369 e. The van der Waals surface area contributed by atoms with Crippen LogP contribution in [0, 0.1) is 6.92 Å². The number of amides is 1. The first-order valence-corrected chi connectivity index (χ1v) is 10.7. The number of sulfone groups is 1. The molecule has 1 amide bonds. The lowest BCUT2D eigenvalue weighted by Crippen LogP contribution is -2.36. The van der Waals surface area contributed by atoms with Crippen molar-refractivity contribution in [2.45, 2.75) is 25.1 Å². The van der Waals surface area contributed by atoms with Crippen molar-refractivity contribution >= 4 is 15.7 Å². The normalized spacial score (nSPS) is 12.6. The molecule has 29 heavy (non-hydrogen) atoms. The molecule has 0 bridgehead atoms. The van der Waals surface area contributed by atoms with Crippen molar-refractivity contribution in [3.8, 4) is 16.8 Å². The molecule has 152 valence electrons. The number of benzene rings is 1. The van der Waals surface area contributed by atoms with Crippen LogP contribution >= 0.6 is 0 Å². The number of hydrogen-bond donors (Lipinski definition) is 1. The smallest absolute Gasteiger partial charge is 0.251 e. The van der Waals surface area contributed by atoms with Crippen LogP contribution in [0.25, 0.3) is 16.8 Å². The summed E-state index contributed by atoms with van der Waals surface area (Å²) >= 11 is 0. The molecule has 0 saturated heterocycles. The van der Waals surface area contributed by atoms with Crippen molar-refractivity contribution in [3.63, 3.8) is 0 Å². The molecule has 10 nitrogen and oxygen atoms in total. The van der Waals surface area contributed by atoms with Crippen molar-refractivity contribution in [2.75, 3.05) is 6.26 Å². The summed E-state index contributed by atoms with van der Waals surface area (Å²) in [6.45, 7) is 1.81. The molecule has 2 aromatic heterocycles. The molecule has 1 unspecified atom stereocenters. The molecule has 3 aromatic rings. The molecule has 3 rings (SSSR count). The van der Waals surface area contributed by atoms with Crippen LogP contribution in [-0.2, 0) is 21.2 Å². The van der Waals surface area contributed by atoms with Crippen LogP contribution in [0.5, 0.6) is 0 Å². The van der Waals surface area contributed by atoms with E-state index in [9.17, 15) is 18.0 Å². The van der Waals surface area contributed by atoms with Crippen molar-refractivity contribution in [1.82, 2.24) is 24.8 Å². The highest BCUT2D eigenvalue weighted by Crippen LogP contribution is 2.19. The number of carbonyl (C=O) groups is 1. The van der Waals surface area contributed by atoms with E-state index in [1.807, 2.05) is 24.3 Å². The van der Waals surface area contributed by atoms with Gasteiger partial charge in [0.15, 0.2) is 15.7 Å². The molecule has 1 atom stereocenters. The number of aryl methyl sites for hydroxylation is 2. The van der Waals surface area contributed by atoms with Gasteiger partial charge in [0.05, 0.1) is 5.69 Å². The maximum Gasteiger partial charge on any atom is 0.251 e. The first-order valence-electron chi connectivity index (χ1n) is 8.71. The van der Waals surface area contributed by atoms with Gasteiger partial charge in [-0.05, 0) is 47.9 Å². The number of carbonyl (C=O) groups excluding carboxylic acids is 1. The van der Waals surface area contributed by atoms with E-state index >= 15 is 0 Å². The number of tetrazole rings is 1. The van der Waals surface area contributed by atoms with E-state index in [2.05, 4.69) is 15.4 Å². The average Bonchev–Trinajstić information content (AvgIpc) is 3.08. The summed E-state index contributed by atoms with van der Waals surface area (Å²) in [7, 11) is -3.63. The first kappa shape index (κ1) is 20.4. The van der Waals surface area contributed by atoms with Crippen LogP contribution in [0.2, 0.25) is 0 Å². The van der Waals surface area contributed by atoms with Gasteiger partial charge in [0, 0.05) is 25.1 Å². The number of hydrogen-bond acceptors (Lipinski definition) is 7. The Bertz CT molecular complexity index is 1200. The van der Waals surface area contributed by atoms with E-state index in [4.69, 9.17) is 5.73 Å². The fourth-order valence-electron chi connectivity index (χ4n) is 2.88. The van der Waals surface area contributed by atoms with E-state index in [-0.39, 0.29) is 18.5 Å². The number of rotatable bonds is 7.